The number of rotatable bonds is 5. The molecule has 2 aromatic rings. The molecule has 0 atom stereocenters. The molecule has 1 aromatic heterocycles. The summed E-state index contributed by atoms with van der Waals surface area (Å²) in [5.41, 5.74) is 0.860. The molecule has 0 N–H and O–H groups in total. The molecule has 136 valence electrons. The predicted molar refractivity (Wildman–Crippen MR) is 110 cm³/mol. The molecule has 3 rings (SSSR count). The van der Waals surface area contributed by atoms with Crippen LogP contribution in [0.5, 0.6) is 5.75 Å². The van der Waals surface area contributed by atoms with Crippen LogP contribution in [-0.2, 0) is 14.3 Å². The van der Waals surface area contributed by atoms with Gasteiger partial charge in [-0.2, -0.15) is 0 Å². The molecule has 6 nitrogen and oxygen atoms in total. The summed E-state index contributed by atoms with van der Waals surface area (Å²) in [6.07, 6.45) is 3.68. The first kappa shape index (κ1) is 18.7. The van der Waals surface area contributed by atoms with E-state index in [0.29, 0.717) is 31.4 Å². The number of fused-ring (bicyclic) bond motifs is 1. The summed E-state index contributed by atoms with van der Waals surface area (Å²) in [5, 5.41) is 0.341. The van der Waals surface area contributed by atoms with Crippen LogP contribution in [-0.4, -0.2) is 15.6 Å². The fraction of sp³-hybridized carbons (Fsp3) is 0. The number of benzene rings is 1. The molecule has 0 aliphatic carbocycles. The Hall–Kier alpha value is -3.07. The summed E-state index contributed by atoms with van der Waals surface area (Å²) in [6, 6.07) is 7.92. The summed E-state index contributed by atoms with van der Waals surface area (Å²) < 4.78 is 18.2. The van der Waals surface area contributed by atoms with Gasteiger partial charge in [0, 0.05) is 33.9 Å². The van der Waals surface area contributed by atoms with Crippen molar-refractivity contribution in [3.63, 3.8) is 0 Å². The van der Waals surface area contributed by atoms with Gasteiger partial charge >= 0.3 is 11.9 Å². The van der Waals surface area contributed by atoms with Crippen molar-refractivity contribution >= 4 is 46.5 Å². The van der Waals surface area contributed by atoms with Crippen LogP contribution >= 0.6 is 20.7 Å². The molecule has 0 radical (unpaired) electrons. The minimum Gasteiger partial charge on any atom is -0.455 e. The molecular weight excluding hydrogens is 463 g/mol. The van der Waals surface area contributed by atoms with E-state index in [1.54, 1.807) is 28.3 Å². The topological polar surface area (TPSA) is 82.8 Å². The molecule has 1 aliphatic heterocycles. The lowest BCUT2D eigenvalue weighted by atomic mass is 10.1. The van der Waals surface area contributed by atoms with Crippen LogP contribution in [0.25, 0.3) is 21.5 Å². The first-order valence-electron chi connectivity index (χ1n) is 7.65. The molecule has 0 spiro atoms. The second kappa shape index (κ2) is 8.09. The summed E-state index contributed by atoms with van der Waals surface area (Å²) in [6.45, 7) is 6.68. The Morgan fingerprint density at radius 2 is 1.70 bits per heavy atom. The van der Waals surface area contributed by atoms with Crippen LogP contribution in [0.1, 0.15) is 0 Å². The third-order valence-electron chi connectivity index (χ3n) is 3.42. The Morgan fingerprint density at radius 1 is 1.04 bits per heavy atom. The molecule has 2 heterocycles. The number of carbonyl (C=O) groups is 2. The number of halogens is 1. The molecule has 0 amide bonds. The van der Waals surface area contributed by atoms with Gasteiger partial charge in [0.2, 0.25) is 0 Å². The molecule has 0 saturated heterocycles. The molecule has 0 bridgehead atoms. The van der Waals surface area contributed by atoms with Gasteiger partial charge in [0.15, 0.2) is 9.12 Å². The Kier molecular flexibility index (Phi) is 5.60. The quantitative estimate of drug-likeness (QED) is 0.283. The molecule has 0 unspecified atom stereocenters. The second-order valence-electron chi connectivity index (χ2n) is 5.19. The monoisotopic (exact) mass is 476 g/mol. The molecule has 0 saturated carbocycles. The van der Waals surface area contributed by atoms with Crippen molar-refractivity contribution in [2.75, 3.05) is 0 Å². The van der Waals surface area contributed by atoms with E-state index in [2.05, 4.69) is 13.2 Å². The summed E-state index contributed by atoms with van der Waals surface area (Å²) in [4.78, 5) is 35.0. The minimum absolute atomic E-state index is 0.250. The summed E-state index contributed by atoms with van der Waals surface area (Å²) in [5.74, 6) is -0.365. The standard InChI is InChI=1S/C20H13IO6/c1-3-19(23)25-13-7-5-12(6-8-13)16-10-15(22)14-9-18(27-20(24)4-2)21-11-17(14)26-16/h3-11H,1-2H2. The maximum absolute atomic E-state index is 12.5. The minimum atomic E-state index is -0.747. The molecule has 1 aliphatic rings. The van der Waals surface area contributed by atoms with Gasteiger partial charge in [0.1, 0.15) is 16.9 Å². The van der Waals surface area contributed by atoms with Crippen molar-refractivity contribution < 1.29 is 23.5 Å². The Morgan fingerprint density at radius 3 is 2.37 bits per heavy atom. The van der Waals surface area contributed by atoms with E-state index in [-0.39, 0.29) is 5.43 Å². The molecular formula is C20H13IO6. The summed E-state index contributed by atoms with van der Waals surface area (Å²) in [7, 11) is 0. The second-order valence-corrected chi connectivity index (χ2v) is 7.50. The average molecular weight is 476 g/mol. The lowest BCUT2D eigenvalue weighted by Crippen LogP contribution is -2.40. The van der Waals surface area contributed by atoms with Gasteiger partial charge in [0.05, 0.1) is 5.22 Å². The molecule has 27 heavy (non-hydrogen) atoms. The third-order valence-corrected chi connectivity index (χ3v) is 5.44. The number of esters is 2. The van der Waals surface area contributed by atoms with Crippen molar-refractivity contribution in [3.8, 4) is 17.1 Å². The largest absolute Gasteiger partial charge is 0.455 e. The van der Waals surface area contributed by atoms with Crippen LogP contribution in [0.15, 0.2) is 64.9 Å². The van der Waals surface area contributed by atoms with Crippen molar-refractivity contribution in [1.82, 2.24) is 0 Å². The Labute approximate surface area is 163 Å². The number of carbonyl (C=O) groups excluding carboxylic acids is 2. The highest BCUT2D eigenvalue weighted by Gasteiger charge is 2.10. The lowest BCUT2D eigenvalue weighted by molar-refractivity contribution is -0.130. The maximum Gasteiger partial charge on any atom is 0.335 e. The average Bonchev–Trinajstić information content (AvgIpc) is 2.68. The zero-order valence-electron chi connectivity index (χ0n) is 13.9. The predicted octanol–water partition coefficient (Wildman–Crippen LogP) is 1.76. The van der Waals surface area contributed by atoms with E-state index in [0.717, 1.165) is 12.2 Å². The highest BCUT2D eigenvalue weighted by atomic mass is 127. The fourth-order valence-electron chi connectivity index (χ4n) is 2.17. The number of hydrogen-bond donors (Lipinski definition) is 0. The molecule has 7 heteroatoms. The van der Waals surface area contributed by atoms with Gasteiger partial charge in [-0.05, 0) is 45.0 Å². The van der Waals surface area contributed by atoms with Crippen LogP contribution in [0.2, 0.25) is 0 Å². The van der Waals surface area contributed by atoms with Crippen molar-refractivity contribution in [2.45, 2.75) is 0 Å². The van der Waals surface area contributed by atoms with E-state index in [9.17, 15) is 14.4 Å². The number of hydrogen-bond acceptors (Lipinski definition) is 6. The van der Waals surface area contributed by atoms with Crippen molar-refractivity contribution in [3.05, 3.63) is 76.5 Å². The zero-order chi connectivity index (χ0) is 19.4. The van der Waals surface area contributed by atoms with Crippen LogP contribution in [0.3, 0.4) is 0 Å². The fourth-order valence-corrected chi connectivity index (χ4v) is 4.06. The smallest absolute Gasteiger partial charge is 0.335 e. The van der Waals surface area contributed by atoms with Crippen LogP contribution in [0, 0.1) is 0 Å². The van der Waals surface area contributed by atoms with E-state index in [1.807, 2.05) is 0 Å². The maximum atomic E-state index is 12.5. The van der Waals surface area contributed by atoms with Gasteiger partial charge < -0.3 is 13.9 Å². The van der Waals surface area contributed by atoms with Crippen LogP contribution in [0.4, 0.5) is 0 Å². The lowest BCUT2D eigenvalue weighted by Gasteiger charge is -2.06. The first-order chi connectivity index (χ1) is 13.0. The van der Waals surface area contributed by atoms with Gasteiger partial charge in [-0.1, -0.05) is 13.2 Å². The highest BCUT2D eigenvalue weighted by Crippen LogP contribution is 2.21. The Bertz CT molecular complexity index is 1150. The van der Waals surface area contributed by atoms with Gasteiger partial charge in [0.25, 0.3) is 0 Å². The van der Waals surface area contributed by atoms with E-state index in [4.69, 9.17) is 13.9 Å². The van der Waals surface area contributed by atoms with E-state index >= 15 is 0 Å². The Balaban J connectivity index is 1.94. The van der Waals surface area contributed by atoms with Crippen molar-refractivity contribution in [1.29, 1.82) is 0 Å². The van der Waals surface area contributed by atoms with Gasteiger partial charge in [-0.3, -0.25) is 4.79 Å². The van der Waals surface area contributed by atoms with Gasteiger partial charge in [-0.15, -0.1) is 0 Å². The van der Waals surface area contributed by atoms with Gasteiger partial charge in [-0.25, -0.2) is 9.59 Å². The SMILES string of the molecule is C=CC(=O)OC1=IC=c2oc(-c3ccc(OC(=O)C=C)cc3)cc(=O)c2=C1. The molecule has 0 fully saturated rings. The first-order valence-corrected chi connectivity index (χ1v) is 9.98. The third kappa shape index (κ3) is 4.37. The highest BCUT2D eigenvalue weighted by molar-refractivity contribution is 14.2. The van der Waals surface area contributed by atoms with E-state index < -0.39 is 32.7 Å². The normalized spacial score (nSPS) is 12.1. The molecule has 1 aromatic carbocycles. The zero-order valence-corrected chi connectivity index (χ0v) is 16.1. The van der Waals surface area contributed by atoms with Crippen LogP contribution < -0.4 is 20.8 Å². The van der Waals surface area contributed by atoms with Crippen molar-refractivity contribution in [2.24, 2.45) is 0 Å². The van der Waals surface area contributed by atoms with E-state index in [1.165, 1.54) is 12.1 Å². The number of ether oxygens (including phenoxy) is 2. The summed E-state index contributed by atoms with van der Waals surface area (Å²) >= 11 is -0.747.